The minimum Gasteiger partial charge on any atom is -0.256 e. The third kappa shape index (κ3) is 5.77. The first-order chi connectivity index (χ1) is 11.9. The molecule has 0 saturated carbocycles. The Morgan fingerprint density at radius 1 is 0.400 bits per heavy atom. The van der Waals surface area contributed by atoms with Crippen molar-refractivity contribution in [3.05, 3.63) is 109 Å². The van der Waals surface area contributed by atoms with Crippen LogP contribution in [0.15, 0.2) is 109 Å². The summed E-state index contributed by atoms with van der Waals surface area (Å²) in [6.07, 6.45) is 3.62. The number of hydrogen-bond donors (Lipinski definition) is 0. The minimum atomic E-state index is 0. The maximum atomic E-state index is 4.25. The molecule has 0 atom stereocenters. The van der Waals surface area contributed by atoms with Crippen LogP contribution in [-0.2, 0) is 21.1 Å². The van der Waals surface area contributed by atoms with E-state index in [1.807, 2.05) is 85.2 Å². The molecule has 0 unspecified atom stereocenters. The fourth-order valence-corrected chi connectivity index (χ4v) is 2.28. The van der Waals surface area contributed by atoms with E-state index in [1.54, 1.807) is 0 Å². The summed E-state index contributed by atoms with van der Waals surface area (Å²) in [6, 6.07) is 32.2. The fraction of sp³-hybridized carbons (Fsp3) is 0. The molecule has 2 aromatic carbocycles. The third-order valence-corrected chi connectivity index (χ3v) is 3.47. The second kappa shape index (κ2) is 10.3. The van der Waals surface area contributed by atoms with Crippen molar-refractivity contribution in [2.24, 2.45) is 0 Å². The van der Waals surface area contributed by atoms with E-state index in [9.17, 15) is 0 Å². The van der Waals surface area contributed by atoms with E-state index in [2.05, 4.69) is 34.2 Å². The molecule has 0 bridgehead atoms. The first-order valence-corrected chi connectivity index (χ1v) is 7.86. The van der Waals surface area contributed by atoms with Gasteiger partial charge in [-0.3, -0.25) is 9.97 Å². The zero-order chi connectivity index (χ0) is 16.5. The van der Waals surface area contributed by atoms with E-state index in [4.69, 9.17) is 0 Å². The van der Waals surface area contributed by atoms with E-state index >= 15 is 0 Å². The second-order valence-corrected chi connectivity index (χ2v) is 5.16. The SMILES string of the molecule is [Pt+2].c1ccc(-c2ccccn2)cc1.c1ccc(-c2ccccn2)cc1. The van der Waals surface area contributed by atoms with E-state index < -0.39 is 0 Å². The molecule has 4 aromatic rings. The van der Waals surface area contributed by atoms with E-state index in [-0.39, 0.29) is 21.1 Å². The Labute approximate surface area is 162 Å². The quantitative estimate of drug-likeness (QED) is 0.360. The average Bonchev–Trinajstić information content (AvgIpc) is 2.71. The molecule has 4 rings (SSSR count). The topological polar surface area (TPSA) is 25.8 Å². The summed E-state index contributed by atoms with van der Waals surface area (Å²) in [5.41, 5.74) is 4.38. The molecule has 0 aliphatic rings. The molecule has 2 nitrogen and oxygen atoms in total. The fourth-order valence-electron chi connectivity index (χ4n) is 2.28. The van der Waals surface area contributed by atoms with Gasteiger partial charge in [-0.25, -0.2) is 0 Å². The normalized spacial score (nSPS) is 9.28. The Bertz CT molecular complexity index is 686. The zero-order valence-electron chi connectivity index (χ0n) is 13.6. The molecule has 2 heterocycles. The van der Waals surface area contributed by atoms with Gasteiger partial charge < -0.3 is 0 Å². The van der Waals surface area contributed by atoms with Gasteiger partial charge in [0.25, 0.3) is 0 Å². The van der Waals surface area contributed by atoms with E-state index in [0.29, 0.717) is 0 Å². The van der Waals surface area contributed by atoms with Gasteiger partial charge in [0.1, 0.15) is 0 Å². The van der Waals surface area contributed by atoms with Crippen molar-refractivity contribution in [3.63, 3.8) is 0 Å². The molecule has 2 aromatic heterocycles. The molecule has 0 saturated heterocycles. The Kier molecular flexibility index (Phi) is 7.75. The monoisotopic (exact) mass is 505 g/mol. The molecule has 3 heteroatoms. The van der Waals surface area contributed by atoms with Crippen molar-refractivity contribution < 1.29 is 21.1 Å². The van der Waals surface area contributed by atoms with Crippen molar-refractivity contribution in [2.45, 2.75) is 0 Å². The van der Waals surface area contributed by atoms with Gasteiger partial charge >= 0.3 is 21.1 Å². The van der Waals surface area contributed by atoms with Crippen LogP contribution in [0.25, 0.3) is 22.5 Å². The number of nitrogens with zero attached hydrogens (tertiary/aromatic N) is 2. The van der Waals surface area contributed by atoms with Gasteiger partial charge in [0, 0.05) is 23.5 Å². The van der Waals surface area contributed by atoms with Crippen molar-refractivity contribution >= 4 is 0 Å². The zero-order valence-corrected chi connectivity index (χ0v) is 15.9. The summed E-state index contributed by atoms with van der Waals surface area (Å²) < 4.78 is 0. The number of rotatable bonds is 2. The van der Waals surface area contributed by atoms with Crippen LogP contribution in [0.3, 0.4) is 0 Å². The summed E-state index contributed by atoms with van der Waals surface area (Å²) >= 11 is 0. The van der Waals surface area contributed by atoms with Gasteiger partial charge in [0.15, 0.2) is 0 Å². The molecule has 0 radical (unpaired) electrons. The maximum Gasteiger partial charge on any atom is 2.00 e. The Balaban J connectivity index is 0.000000173. The van der Waals surface area contributed by atoms with Crippen molar-refractivity contribution in [1.82, 2.24) is 9.97 Å². The Hall–Kier alpha value is -2.57. The van der Waals surface area contributed by atoms with Crippen LogP contribution >= 0.6 is 0 Å². The molecule has 124 valence electrons. The van der Waals surface area contributed by atoms with Crippen LogP contribution in [0, 0.1) is 0 Å². The Morgan fingerprint density at radius 2 is 0.760 bits per heavy atom. The van der Waals surface area contributed by atoms with Crippen molar-refractivity contribution in [2.75, 3.05) is 0 Å². The summed E-state index contributed by atoms with van der Waals surface area (Å²) in [5, 5.41) is 0. The third-order valence-electron chi connectivity index (χ3n) is 3.47. The van der Waals surface area contributed by atoms with Crippen LogP contribution in [0.1, 0.15) is 0 Å². The Morgan fingerprint density at radius 3 is 1.08 bits per heavy atom. The van der Waals surface area contributed by atoms with Crippen LogP contribution in [0.4, 0.5) is 0 Å². The van der Waals surface area contributed by atoms with Crippen LogP contribution in [0.2, 0.25) is 0 Å². The largest absolute Gasteiger partial charge is 2.00 e. The van der Waals surface area contributed by atoms with Crippen LogP contribution in [0.5, 0.6) is 0 Å². The molecular formula is C22H18N2Pt+2. The minimum absolute atomic E-state index is 0. The maximum absolute atomic E-state index is 4.25. The summed E-state index contributed by atoms with van der Waals surface area (Å²) in [5.74, 6) is 0. The van der Waals surface area contributed by atoms with E-state index in [1.165, 1.54) is 0 Å². The van der Waals surface area contributed by atoms with Gasteiger partial charge in [-0.2, -0.15) is 0 Å². The first kappa shape index (κ1) is 18.8. The number of pyridine rings is 2. The molecule has 0 N–H and O–H groups in total. The summed E-state index contributed by atoms with van der Waals surface area (Å²) in [7, 11) is 0. The second-order valence-electron chi connectivity index (χ2n) is 5.16. The molecular weight excluding hydrogens is 487 g/mol. The van der Waals surface area contributed by atoms with Crippen LogP contribution in [-0.4, -0.2) is 9.97 Å². The van der Waals surface area contributed by atoms with Gasteiger partial charge in [-0.1, -0.05) is 72.8 Å². The van der Waals surface area contributed by atoms with Gasteiger partial charge in [-0.05, 0) is 24.3 Å². The standard InChI is InChI=1S/2C11H9N.Pt/c2*1-2-6-10(7-3-1)11-8-4-5-9-12-11;/h2*1-9H;/q;;+2. The van der Waals surface area contributed by atoms with Gasteiger partial charge in [-0.15, -0.1) is 0 Å². The van der Waals surface area contributed by atoms with Gasteiger partial charge in [0.2, 0.25) is 0 Å². The van der Waals surface area contributed by atoms with E-state index in [0.717, 1.165) is 22.5 Å². The molecule has 25 heavy (non-hydrogen) atoms. The number of hydrogen-bond acceptors (Lipinski definition) is 2. The van der Waals surface area contributed by atoms with Crippen molar-refractivity contribution in [1.29, 1.82) is 0 Å². The number of benzene rings is 2. The number of aromatic nitrogens is 2. The smallest absolute Gasteiger partial charge is 0.256 e. The molecule has 0 aliphatic carbocycles. The molecule has 0 amide bonds. The van der Waals surface area contributed by atoms with Gasteiger partial charge in [0.05, 0.1) is 11.4 Å². The summed E-state index contributed by atoms with van der Waals surface area (Å²) in [4.78, 5) is 8.50. The van der Waals surface area contributed by atoms with Crippen molar-refractivity contribution in [3.8, 4) is 22.5 Å². The predicted octanol–water partition coefficient (Wildman–Crippen LogP) is 5.49. The van der Waals surface area contributed by atoms with Crippen LogP contribution < -0.4 is 0 Å². The predicted molar refractivity (Wildman–Crippen MR) is 99.3 cm³/mol. The first-order valence-electron chi connectivity index (χ1n) is 7.86. The summed E-state index contributed by atoms with van der Waals surface area (Å²) in [6.45, 7) is 0. The molecule has 0 spiro atoms. The average molecular weight is 505 g/mol. The molecule has 0 aliphatic heterocycles. The molecule has 0 fully saturated rings.